The molecule has 0 unspecified atom stereocenters. The van der Waals surface area contributed by atoms with E-state index in [2.05, 4.69) is 5.32 Å². The molecule has 0 saturated carbocycles. The summed E-state index contributed by atoms with van der Waals surface area (Å²) in [5.41, 5.74) is 4.26. The highest BCUT2D eigenvalue weighted by molar-refractivity contribution is 8.00. The third-order valence-electron chi connectivity index (χ3n) is 6.28. The first kappa shape index (κ1) is 23.8. The van der Waals surface area contributed by atoms with Gasteiger partial charge < -0.3 is 19.5 Å². The average molecular weight is 500 g/mol. The highest BCUT2D eigenvalue weighted by atomic mass is 32.2. The van der Waals surface area contributed by atoms with E-state index in [0.717, 1.165) is 37.9 Å². The minimum absolute atomic E-state index is 0.0361. The molecule has 1 N–H and O–H groups in total. The summed E-state index contributed by atoms with van der Waals surface area (Å²) >= 11 is 1.46. The summed E-state index contributed by atoms with van der Waals surface area (Å²) in [6, 6.07) is 21.2. The van der Waals surface area contributed by atoms with Gasteiger partial charge in [-0.25, -0.2) is 0 Å². The fourth-order valence-corrected chi connectivity index (χ4v) is 5.49. The molecule has 0 bridgehead atoms. The molecule has 0 atom stereocenters. The van der Waals surface area contributed by atoms with Gasteiger partial charge >= 0.3 is 0 Å². The van der Waals surface area contributed by atoms with Gasteiger partial charge in [0.05, 0.1) is 27.1 Å². The van der Waals surface area contributed by atoms with E-state index in [1.807, 2.05) is 66.7 Å². The number of benzene rings is 4. The summed E-state index contributed by atoms with van der Waals surface area (Å²) in [5.74, 6) is 1.76. The van der Waals surface area contributed by atoms with Crippen molar-refractivity contribution in [2.24, 2.45) is 0 Å². The molecule has 6 nitrogen and oxygen atoms in total. The van der Waals surface area contributed by atoms with Crippen LogP contribution in [0.5, 0.6) is 17.2 Å². The van der Waals surface area contributed by atoms with Gasteiger partial charge in [-0.15, -0.1) is 11.8 Å². The fraction of sp³-hybridized carbons (Fsp3) is 0.172. The molecule has 0 fully saturated rings. The number of carbonyl (C=O) groups excluding carboxylic acids is 2. The van der Waals surface area contributed by atoms with Crippen LogP contribution in [0.25, 0.3) is 21.9 Å². The number of amides is 1. The molecular formula is C29H25NO5S. The molecule has 1 aliphatic rings. The zero-order chi connectivity index (χ0) is 25.2. The minimum Gasteiger partial charge on any atom is -0.493 e. The molecule has 5 rings (SSSR count). The van der Waals surface area contributed by atoms with Gasteiger partial charge in [0.15, 0.2) is 17.3 Å². The van der Waals surface area contributed by atoms with Crippen LogP contribution in [0, 0.1) is 0 Å². The maximum absolute atomic E-state index is 13.1. The Morgan fingerprint density at radius 2 is 1.50 bits per heavy atom. The maximum atomic E-state index is 13.1. The Balaban J connectivity index is 1.34. The Hall–Kier alpha value is -3.97. The van der Waals surface area contributed by atoms with Gasteiger partial charge in [-0.1, -0.05) is 48.5 Å². The van der Waals surface area contributed by atoms with E-state index in [0.29, 0.717) is 29.4 Å². The van der Waals surface area contributed by atoms with Gasteiger partial charge in [0, 0.05) is 28.0 Å². The quantitative estimate of drug-likeness (QED) is 0.285. The maximum Gasteiger partial charge on any atom is 0.230 e. The van der Waals surface area contributed by atoms with Crippen LogP contribution in [0.1, 0.15) is 21.5 Å². The number of nitrogens with one attached hydrogen (secondary N) is 1. The molecule has 182 valence electrons. The molecule has 0 heterocycles. The van der Waals surface area contributed by atoms with Gasteiger partial charge in [0.25, 0.3) is 0 Å². The molecule has 4 aromatic rings. The molecular weight excluding hydrogens is 474 g/mol. The summed E-state index contributed by atoms with van der Waals surface area (Å²) in [4.78, 5) is 26.8. The van der Waals surface area contributed by atoms with Gasteiger partial charge in [0.1, 0.15) is 0 Å². The lowest BCUT2D eigenvalue weighted by atomic mass is 9.83. The topological polar surface area (TPSA) is 73.9 Å². The van der Waals surface area contributed by atoms with E-state index in [-0.39, 0.29) is 17.4 Å². The number of hydrogen-bond donors (Lipinski definition) is 1. The lowest BCUT2D eigenvalue weighted by Crippen LogP contribution is -2.24. The van der Waals surface area contributed by atoms with E-state index in [1.165, 1.54) is 11.8 Å². The number of methoxy groups -OCH3 is 3. The van der Waals surface area contributed by atoms with Crippen molar-refractivity contribution in [3.8, 4) is 28.4 Å². The molecule has 0 aliphatic heterocycles. The third kappa shape index (κ3) is 4.16. The second kappa shape index (κ2) is 9.95. The largest absolute Gasteiger partial charge is 0.493 e. The van der Waals surface area contributed by atoms with Crippen molar-refractivity contribution in [2.45, 2.75) is 11.4 Å². The monoisotopic (exact) mass is 499 g/mol. The highest BCUT2D eigenvalue weighted by Crippen LogP contribution is 2.42. The molecule has 4 aromatic carbocycles. The smallest absolute Gasteiger partial charge is 0.230 e. The summed E-state index contributed by atoms with van der Waals surface area (Å²) in [5, 5.41) is 4.89. The van der Waals surface area contributed by atoms with Crippen molar-refractivity contribution < 1.29 is 23.8 Å². The van der Waals surface area contributed by atoms with E-state index >= 15 is 0 Å². The number of thioether (sulfide) groups is 1. The number of fused-ring (bicyclic) bond motifs is 2. The van der Waals surface area contributed by atoms with Crippen LogP contribution < -0.4 is 19.5 Å². The summed E-state index contributed by atoms with van der Waals surface area (Å²) in [6.07, 6.45) is 0. The first-order chi connectivity index (χ1) is 17.5. The Morgan fingerprint density at radius 3 is 2.19 bits per heavy atom. The fourth-order valence-electron chi connectivity index (χ4n) is 4.61. The average Bonchev–Trinajstić information content (AvgIpc) is 2.92. The number of ether oxygens (including phenoxy) is 3. The molecule has 0 aromatic heterocycles. The van der Waals surface area contributed by atoms with Gasteiger partial charge in [0.2, 0.25) is 11.7 Å². The predicted octanol–water partition coefficient (Wildman–Crippen LogP) is 5.49. The van der Waals surface area contributed by atoms with Crippen LogP contribution in [0.4, 0.5) is 0 Å². The lowest BCUT2D eigenvalue weighted by Gasteiger charge is -2.21. The molecule has 0 radical (unpaired) electrons. The number of hydrogen-bond acceptors (Lipinski definition) is 6. The predicted molar refractivity (Wildman–Crippen MR) is 141 cm³/mol. The van der Waals surface area contributed by atoms with E-state index < -0.39 is 0 Å². The zero-order valence-electron chi connectivity index (χ0n) is 20.2. The molecule has 1 aliphatic carbocycles. The Labute approximate surface area is 213 Å². The van der Waals surface area contributed by atoms with Crippen LogP contribution in [-0.4, -0.2) is 38.8 Å². The molecule has 7 heteroatoms. The molecule has 36 heavy (non-hydrogen) atoms. The number of rotatable bonds is 8. The molecule has 0 saturated heterocycles. The van der Waals surface area contributed by atoms with Crippen molar-refractivity contribution in [1.29, 1.82) is 0 Å². The van der Waals surface area contributed by atoms with Crippen LogP contribution in [-0.2, 0) is 11.3 Å². The van der Waals surface area contributed by atoms with Crippen LogP contribution in [0.15, 0.2) is 71.6 Å². The SMILES string of the molecule is COc1cc(CNC(=O)CSc2ccc3c4c(cccc24)C(=O)c2ccccc2-3)cc(OC)c1OC. The normalized spacial score (nSPS) is 11.7. The van der Waals surface area contributed by atoms with Gasteiger partial charge in [-0.2, -0.15) is 0 Å². The third-order valence-corrected chi connectivity index (χ3v) is 7.35. The van der Waals surface area contributed by atoms with Crippen LogP contribution in [0.2, 0.25) is 0 Å². The van der Waals surface area contributed by atoms with Crippen LogP contribution in [0.3, 0.4) is 0 Å². The Kier molecular flexibility index (Phi) is 6.57. The van der Waals surface area contributed by atoms with Crippen molar-refractivity contribution in [1.82, 2.24) is 5.32 Å². The first-order valence-corrected chi connectivity index (χ1v) is 12.4. The van der Waals surface area contributed by atoms with Gasteiger partial charge in [-0.05, 0) is 40.3 Å². The lowest BCUT2D eigenvalue weighted by molar-refractivity contribution is -0.118. The standard InChI is InChI=1S/C29H25NO5S/c1-33-23-13-17(14-24(34-2)29(23)35-3)15-30-26(31)16-36-25-12-11-19-18-7-4-5-8-20(18)28(32)22-10-6-9-21(25)27(19)22/h4-14H,15-16H2,1-3H3,(H,30,31). The first-order valence-electron chi connectivity index (χ1n) is 11.4. The summed E-state index contributed by atoms with van der Waals surface area (Å²) in [7, 11) is 4.67. The van der Waals surface area contributed by atoms with Crippen molar-refractivity contribution >= 4 is 34.2 Å². The van der Waals surface area contributed by atoms with E-state index in [9.17, 15) is 9.59 Å². The Bertz CT molecular complexity index is 1470. The second-order valence-electron chi connectivity index (χ2n) is 8.31. The molecule has 1 amide bonds. The van der Waals surface area contributed by atoms with Gasteiger partial charge in [-0.3, -0.25) is 9.59 Å². The summed E-state index contributed by atoms with van der Waals surface area (Å²) < 4.78 is 16.1. The second-order valence-corrected chi connectivity index (χ2v) is 9.33. The number of carbonyl (C=O) groups is 2. The van der Waals surface area contributed by atoms with E-state index in [1.54, 1.807) is 21.3 Å². The minimum atomic E-state index is -0.101. The van der Waals surface area contributed by atoms with Crippen molar-refractivity contribution in [3.05, 3.63) is 83.4 Å². The van der Waals surface area contributed by atoms with Crippen LogP contribution >= 0.6 is 11.8 Å². The molecule has 0 spiro atoms. The Morgan fingerprint density at radius 1 is 0.806 bits per heavy atom. The van der Waals surface area contributed by atoms with E-state index in [4.69, 9.17) is 14.2 Å². The summed E-state index contributed by atoms with van der Waals surface area (Å²) in [6.45, 7) is 0.325. The van der Waals surface area contributed by atoms with Crippen molar-refractivity contribution in [2.75, 3.05) is 27.1 Å². The highest BCUT2D eigenvalue weighted by Gasteiger charge is 2.25. The van der Waals surface area contributed by atoms with Crippen molar-refractivity contribution in [3.63, 3.8) is 0 Å². The number of ketones is 1. The zero-order valence-corrected chi connectivity index (χ0v) is 21.0.